The highest BCUT2D eigenvalue weighted by atomic mass is 35.5. The first-order valence-electron chi connectivity index (χ1n) is 9.07. The molecule has 10 heteroatoms. The summed E-state index contributed by atoms with van der Waals surface area (Å²) >= 11 is 13.8. The number of halogens is 2. The molecule has 0 aliphatic carbocycles. The number of hydrogen-bond acceptors (Lipinski definition) is 6. The lowest BCUT2D eigenvalue weighted by atomic mass is 10.2. The van der Waals surface area contributed by atoms with Crippen LogP contribution in [0.5, 0.6) is 0 Å². The maximum absolute atomic E-state index is 12.5. The molecule has 0 unspecified atom stereocenters. The second kappa shape index (κ2) is 8.22. The van der Waals surface area contributed by atoms with Crippen molar-refractivity contribution >= 4 is 51.6 Å². The third kappa shape index (κ3) is 4.19. The van der Waals surface area contributed by atoms with Crippen molar-refractivity contribution in [3.8, 4) is 11.3 Å². The number of urea groups is 1. The Morgan fingerprint density at radius 2 is 1.97 bits per heavy atom. The van der Waals surface area contributed by atoms with Crippen LogP contribution in [0, 0.1) is 13.8 Å². The van der Waals surface area contributed by atoms with Crippen molar-refractivity contribution in [3.63, 3.8) is 0 Å². The monoisotopic (exact) mass is 451 g/mol. The molecule has 1 fully saturated rings. The largest absolute Gasteiger partial charge is 0.345 e. The van der Waals surface area contributed by atoms with Crippen LogP contribution in [-0.4, -0.2) is 47.3 Å². The number of amides is 2. The van der Waals surface area contributed by atoms with Gasteiger partial charge in [0.05, 0.1) is 16.4 Å². The van der Waals surface area contributed by atoms with Gasteiger partial charge in [-0.25, -0.2) is 9.78 Å². The zero-order valence-electron chi connectivity index (χ0n) is 15.9. The minimum atomic E-state index is -0.184. The number of nitrogens with one attached hydrogen (secondary N) is 1. The fraction of sp³-hybridized carbons (Fsp3) is 0.316. The molecule has 1 aliphatic rings. The summed E-state index contributed by atoms with van der Waals surface area (Å²) in [4.78, 5) is 21.2. The number of aromatic nitrogens is 2. The molecule has 4 rings (SSSR count). The predicted octanol–water partition coefficient (Wildman–Crippen LogP) is 5.08. The van der Waals surface area contributed by atoms with E-state index in [1.54, 1.807) is 28.4 Å². The molecule has 3 aromatic rings. The highest BCUT2D eigenvalue weighted by Gasteiger charge is 2.24. The van der Waals surface area contributed by atoms with Gasteiger partial charge in [-0.2, -0.15) is 0 Å². The molecule has 2 amide bonds. The van der Waals surface area contributed by atoms with Crippen LogP contribution >= 0.6 is 34.5 Å². The van der Waals surface area contributed by atoms with E-state index in [0.29, 0.717) is 42.1 Å². The molecule has 7 nitrogen and oxygen atoms in total. The Balaban J connectivity index is 1.38. The summed E-state index contributed by atoms with van der Waals surface area (Å²) in [6.07, 6.45) is 0. The quantitative estimate of drug-likeness (QED) is 0.600. The summed E-state index contributed by atoms with van der Waals surface area (Å²) < 4.78 is 5.16. The van der Waals surface area contributed by atoms with Crippen LogP contribution in [0.25, 0.3) is 11.3 Å². The van der Waals surface area contributed by atoms with E-state index < -0.39 is 0 Å². The fourth-order valence-electron chi connectivity index (χ4n) is 3.04. The van der Waals surface area contributed by atoms with Gasteiger partial charge in [0.25, 0.3) is 0 Å². The van der Waals surface area contributed by atoms with Gasteiger partial charge in [0, 0.05) is 47.7 Å². The molecule has 3 heterocycles. The van der Waals surface area contributed by atoms with E-state index in [2.05, 4.69) is 15.4 Å². The number of benzene rings is 1. The van der Waals surface area contributed by atoms with Crippen LogP contribution in [0.15, 0.2) is 28.1 Å². The lowest BCUT2D eigenvalue weighted by Crippen LogP contribution is -2.50. The first-order valence-corrected chi connectivity index (χ1v) is 10.7. The van der Waals surface area contributed by atoms with Crippen LogP contribution < -0.4 is 10.2 Å². The maximum atomic E-state index is 12.5. The van der Waals surface area contributed by atoms with Crippen LogP contribution in [-0.2, 0) is 0 Å². The Labute approximate surface area is 182 Å². The molecule has 1 aliphatic heterocycles. The van der Waals surface area contributed by atoms with E-state index in [1.165, 1.54) is 0 Å². The van der Waals surface area contributed by atoms with Gasteiger partial charge in [-0.1, -0.05) is 28.4 Å². The molecule has 152 valence electrons. The standard InChI is InChI=1S/C19H19Cl2N5O2S/c1-11-12(2)24-28-17(11)23-18(27)25-5-7-26(8-6-25)19-22-16(10-29-19)14-4-3-13(20)9-15(14)21/h3-4,9-10H,5-8H2,1-2H3,(H,23,27). The number of aryl methyl sites for hydroxylation is 1. The van der Waals surface area contributed by atoms with Gasteiger partial charge in [-0.3, -0.25) is 5.32 Å². The zero-order valence-corrected chi connectivity index (χ0v) is 18.2. The van der Waals surface area contributed by atoms with E-state index in [-0.39, 0.29) is 6.03 Å². The fourth-order valence-corrected chi connectivity index (χ4v) is 4.42. The molecule has 1 saturated heterocycles. The van der Waals surface area contributed by atoms with Crippen molar-refractivity contribution < 1.29 is 9.32 Å². The highest BCUT2D eigenvalue weighted by molar-refractivity contribution is 7.14. The summed E-state index contributed by atoms with van der Waals surface area (Å²) in [5, 5.41) is 10.7. The van der Waals surface area contributed by atoms with E-state index in [4.69, 9.17) is 32.7 Å². The first-order chi connectivity index (χ1) is 13.9. The number of carbonyl (C=O) groups is 1. The van der Waals surface area contributed by atoms with Crippen molar-refractivity contribution in [3.05, 3.63) is 44.9 Å². The van der Waals surface area contributed by atoms with Gasteiger partial charge in [0.1, 0.15) is 0 Å². The molecule has 1 N–H and O–H groups in total. The molecule has 0 radical (unpaired) electrons. The minimum Gasteiger partial charge on any atom is -0.345 e. The summed E-state index contributed by atoms with van der Waals surface area (Å²) in [5.41, 5.74) is 3.29. The Morgan fingerprint density at radius 3 is 2.62 bits per heavy atom. The Kier molecular flexibility index (Phi) is 5.67. The summed E-state index contributed by atoms with van der Waals surface area (Å²) in [6, 6.07) is 5.21. The maximum Gasteiger partial charge on any atom is 0.324 e. The highest BCUT2D eigenvalue weighted by Crippen LogP contribution is 2.33. The lowest BCUT2D eigenvalue weighted by molar-refractivity contribution is 0.207. The molecular formula is C19H19Cl2N5O2S. The number of nitrogens with zero attached hydrogens (tertiary/aromatic N) is 4. The number of thiazole rings is 1. The molecule has 0 atom stereocenters. The number of hydrogen-bond donors (Lipinski definition) is 1. The zero-order chi connectivity index (χ0) is 20.5. The van der Waals surface area contributed by atoms with Crippen molar-refractivity contribution in [2.45, 2.75) is 13.8 Å². The normalized spacial score (nSPS) is 14.3. The summed E-state index contributed by atoms with van der Waals surface area (Å²) in [6.45, 7) is 6.29. The second-order valence-electron chi connectivity index (χ2n) is 6.77. The summed E-state index contributed by atoms with van der Waals surface area (Å²) in [7, 11) is 0. The van der Waals surface area contributed by atoms with Crippen LogP contribution in [0.4, 0.5) is 15.8 Å². The number of carbonyl (C=O) groups excluding carboxylic acids is 1. The molecule has 0 saturated carbocycles. The SMILES string of the molecule is Cc1noc(NC(=O)N2CCN(c3nc(-c4ccc(Cl)cc4Cl)cs3)CC2)c1C. The smallest absolute Gasteiger partial charge is 0.324 e. The van der Waals surface area contributed by atoms with Crippen molar-refractivity contribution in [2.75, 3.05) is 36.4 Å². The van der Waals surface area contributed by atoms with Crippen LogP contribution in [0.1, 0.15) is 11.3 Å². The van der Waals surface area contributed by atoms with E-state index in [0.717, 1.165) is 27.6 Å². The number of anilines is 2. The first kappa shape index (κ1) is 20.0. The molecule has 0 bridgehead atoms. The third-order valence-electron chi connectivity index (χ3n) is 4.91. The van der Waals surface area contributed by atoms with Gasteiger partial charge < -0.3 is 14.3 Å². The van der Waals surface area contributed by atoms with Crippen molar-refractivity contribution in [1.82, 2.24) is 15.0 Å². The average Bonchev–Trinajstić information content (AvgIpc) is 3.31. The van der Waals surface area contributed by atoms with Gasteiger partial charge in [0.15, 0.2) is 5.13 Å². The predicted molar refractivity (Wildman–Crippen MR) is 116 cm³/mol. The van der Waals surface area contributed by atoms with E-state index in [1.807, 2.05) is 25.3 Å². The molecule has 0 spiro atoms. The van der Waals surface area contributed by atoms with Gasteiger partial charge >= 0.3 is 6.03 Å². The van der Waals surface area contributed by atoms with Crippen molar-refractivity contribution in [1.29, 1.82) is 0 Å². The van der Waals surface area contributed by atoms with E-state index >= 15 is 0 Å². The average molecular weight is 452 g/mol. The topological polar surface area (TPSA) is 74.5 Å². The second-order valence-corrected chi connectivity index (χ2v) is 8.45. The van der Waals surface area contributed by atoms with Crippen LogP contribution in [0.2, 0.25) is 10.0 Å². The summed E-state index contributed by atoms with van der Waals surface area (Å²) in [5.74, 6) is 0.402. The van der Waals surface area contributed by atoms with Crippen molar-refractivity contribution in [2.24, 2.45) is 0 Å². The minimum absolute atomic E-state index is 0.184. The molecular weight excluding hydrogens is 433 g/mol. The molecule has 29 heavy (non-hydrogen) atoms. The third-order valence-corrected chi connectivity index (χ3v) is 6.36. The Morgan fingerprint density at radius 1 is 1.21 bits per heavy atom. The Hall–Kier alpha value is -2.29. The van der Waals surface area contributed by atoms with Gasteiger partial charge in [-0.05, 0) is 32.0 Å². The van der Waals surface area contributed by atoms with Gasteiger partial charge in [0.2, 0.25) is 5.88 Å². The Bertz CT molecular complexity index is 1040. The molecule has 1 aromatic carbocycles. The van der Waals surface area contributed by atoms with Gasteiger partial charge in [-0.15, -0.1) is 11.3 Å². The number of rotatable bonds is 3. The lowest BCUT2D eigenvalue weighted by Gasteiger charge is -2.34. The number of piperazine rings is 1. The van der Waals surface area contributed by atoms with E-state index in [9.17, 15) is 4.79 Å². The van der Waals surface area contributed by atoms with Crippen LogP contribution in [0.3, 0.4) is 0 Å². The molecule has 2 aromatic heterocycles.